The molecule has 2 aromatic heterocycles. The van der Waals surface area contributed by atoms with Gasteiger partial charge in [0.2, 0.25) is 5.91 Å². The molecular weight excluding hydrogens is 410 g/mol. The highest BCUT2D eigenvalue weighted by molar-refractivity contribution is 5.93. The summed E-state index contributed by atoms with van der Waals surface area (Å²) in [4.78, 5) is 28.7. The summed E-state index contributed by atoms with van der Waals surface area (Å²) in [5.74, 6) is 1.02. The van der Waals surface area contributed by atoms with Gasteiger partial charge < -0.3 is 23.9 Å². The van der Waals surface area contributed by atoms with Crippen LogP contribution >= 0.6 is 0 Å². The first-order valence-electron chi connectivity index (χ1n) is 10.7. The average molecular weight is 442 g/mol. The second-order valence-corrected chi connectivity index (χ2v) is 9.00. The Hall–Kier alpha value is -3.25. The molecule has 1 aliphatic rings. The molecule has 0 saturated carbocycles. The minimum Gasteiger partial charge on any atom is -0.467 e. The van der Waals surface area contributed by atoms with Crippen LogP contribution < -0.4 is 5.32 Å². The van der Waals surface area contributed by atoms with Gasteiger partial charge in [0, 0.05) is 31.9 Å². The van der Waals surface area contributed by atoms with Crippen molar-refractivity contribution in [1.82, 2.24) is 14.4 Å². The van der Waals surface area contributed by atoms with Crippen molar-refractivity contribution in [2.75, 3.05) is 38.0 Å². The number of nitriles is 1. The van der Waals surface area contributed by atoms with E-state index < -0.39 is 5.60 Å². The second kappa shape index (κ2) is 9.49. The molecule has 9 nitrogen and oxygen atoms in total. The first-order chi connectivity index (χ1) is 15.1. The van der Waals surface area contributed by atoms with Gasteiger partial charge >= 0.3 is 6.09 Å². The summed E-state index contributed by atoms with van der Waals surface area (Å²) < 4.78 is 12.8. The summed E-state index contributed by atoms with van der Waals surface area (Å²) in [6, 6.07) is 5.88. The van der Waals surface area contributed by atoms with Crippen LogP contribution in [0.25, 0.3) is 0 Å². The van der Waals surface area contributed by atoms with Gasteiger partial charge in [-0.2, -0.15) is 5.26 Å². The number of nitrogens with one attached hydrogen (secondary N) is 1. The van der Waals surface area contributed by atoms with E-state index in [9.17, 15) is 14.9 Å². The Morgan fingerprint density at radius 3 is 2.47 bits per heavy atom. The van der Waals surface area contributed by atoms with Crippen molar-refractivity contribution in [1.29, 1.82) is 5.26 Å². The first-order valence-corrected chi connectivity index (χ1v) is 10.7. The molecule has 172 valence electrons. The number of piperazine rings is 1. The third kappa shape index (κ3) is 5.51. The summed E-state index contributed by atoms with van der Waals surface area (Å²) >= 11 is 0. The van der Waals surface area contributed by atoms with E-state index in [1.165, 1.54) is 0 Å². The quantitative estimate of drug-likeness (QED) is 0.765. The molecule has 0 aromatic carbocycles. The number of ether oxygens (including phenoxy) is 1. The number of anilines is 1. The van der Waals surface area contributed by atoms with Crippen molar-refractivity contribution < 1.29 is 18.7 Å². The van der Waals surface area contributed by atoms with Crippen molar-refractivity contribution in [3.63, 3.8) is 0 Å². The van der Waals surface area contributed by atoms with Crippen molar-refractivity contribution in [3.05, 3.63) is 41.0 Å². The molecule has 0 bridgehead atoms. The van der Waals surface area contributed by atoms with Crippen LogP contribution in [0.3, 0.4) is 0 Å². The van der Waals surface area contributed by atoms with Gasteiger partial charge in [-0.15, -0.1) is 0 Å². The van der Waals surface area contributed by atoms with Crippen molar-refractivity contribution in [2.45, 2.75) is 46.8 Å². The maximum absolute atomic E-state index is 12.8. The van der Waals surface area contributed by atoms with Gasteiger partial charge in [0.15, 0.2) is 0 Å². The fourth-order valence-corrected chi connectivity index (χ4v) is 3.68. The highest BCUT2D eigenvalue weighted by Crippen LogP contribution is 2.27. The fraction of sp³-hybridized carbons (Fsp3) is 0.522. The zero-order chi connectivity index (χ0) is 23.5. The van der Waals surface area contributed by atoms with Crippen molar-refractivity contribution in [3.8, 4) is 6.07 Å². The molecule has 3 heterocycles. The SMILES string of the molecule is Cc1c(C#N)c(NC(=O)CN2CCN(C(=O)OC(C)(C)C)CC2)n(Cc2ccco2)c1C. The zero-order valence-electron chi connectivity index (χ0n) is 19.4. The molecule has 0 radical (unpaired) electrons. The summed E-state index contributed by atoms with van der Waals surface area (Å²) in [6.45, 7) is 12.1. The summed E-state index contributed by atoms with van der Waals surface area (Å²) in [5.41, 5.74) is 1.66. The van der Waals surface area contributed by atoms with E-state index in [4.69, 9.17) is 9.15 Å². The Morgan fingerprint density at radius 1 is 1.22 bits per heavy atom. The van der Waals surface area contributed by atoms with Crippen molar-refractivity contribution in [2.24, 2.45) is 0 Å². The van der Waals surface area contributed by atoms with Gasteiger partial charge in [-0.25, -0.2) is 4.79 Å². The molecule has 0 unspecified atom stereocenters. The topological polar surface area (TPSA) is 104 Å². The number of furan rings is 1. The predicted molar refractivity (Wildman–Crippen MR) is 119 cm³/mol. The number of rotatable bonds is 5. The minimum atomic E-state index is -0.534. The Balaban J connectivity index is 1.63. The van der Waals surface area contributed by atoms with E-state index in [-0.39, 0.29) is 18.5 Å². The average Bonchev–Trinajstić information content (AvgIpc) is 3.30. The molecule has 1 saturated heterocycles. The van der Waals surface area contributed by atoms with Gasteiger partial charge in [-0.1, -0.05) is 0 Å². The van der Waals surface area contributed by atoms with Crippen LogP contribution in [0.15, 0.2) is 22.8 Å². The summed E-state index contributed by atoms with van der Waals surface area (Å²) in [7, 11) is 0. The van der Waals surface area contributed by atoms with E-state index in [1.54, 1.807) is 17.2 Å². The highest BCUT2D eigenvalue weighted by Gasteiger charge is 2.27. The number of aromatic nitrogens is 1. The lowest BCUT2D eigenvalue weighted by molar-refractivity contribution is -0.117. The third-order valence-electron chi connectivity index (χ3n) is 5.48. The Morgan fingerprint density at radius 2 is 1.91 bits per heavy atom. The maximum atomic E-state index is 12.8. The van der Waals surface area contributed by atoms with E-state index >= 15 is 0 Å². The van der Waals surface area contributed by atoms with Gasteiger partial charge in [-0.3, -0.25) is 9.69 Å². The third-order valence-corrected chi connectivity index (χ3v) is 5.48. The lowest BCUT2D eigenvalue weighted by Gasteiger charge is -2.35. The lowest BCUT2D eigenvalue weighted by Crippen LogP contribution is -2.51. The largest absolute Gasteiger partial charge is 0.467 e. The molecule has 1 aliphatic heterocycles. The van der Waals surface area contributed by atoms with Crippen molar-refractivity contribution >= 4 is 17.8 Å². The van der Waals surface area contributed by atoms with Crippen LogP contribution in [0.5, 0.6) is 0 Å². The highest BCUT2D eigenvalue weighted by atomic mass is 16.6. The smallest absolute Gasteiger partial charge is 0.410 e. The molecular formula is C23H31N5O4. The summed E-state index contributed by atoms with van der Waals surface area (Å²) in [5, 5.41) is 12.6. The number of amides is 2. The molecule has 0 atom stereocenters. The standard InChI is InChI=1S/C23H31N5O4/c1-16-17(2)28(14-18-7-6-12-31-18)21(19(16)13-24)25-20(29)15-26-8-10-27(11-9-26)22(30)32-23(3,4)5/h6-7,12H,8-11,14-15H2,1-5H3,(H,25,29). The van der Waals surface area contributed by atoms with Gasteiger partial charge in [0.25, 0.3) is 0 Å². The Kier molecular flexibility index (Phi) is 6.94. The number of hydrogen-bond donors (Lipinski definition) is 1. The van der Waals surface area contributed by atoms with Crippen LogP contribution in [0.2, 0.25) is 0 Å². The monoisotopic (exact) mass is 441 g/mol. The molecule has 0 spiro atoms. The number of carbonyl (C=O) groups is 2. The zero-order valence-corrected chi connectivity index (χ0v) is 19.4. The second-order valence-electron chi connectivity index (χ2n) is 9.00. The molecule has 2 aromatic rings. The lowest BCUT2D eigenvalue weighted by atomic mass is 10.2. The minimum absolute atomic E-state index is 0.178. The molecule has 9 heteroatoms. The van der Waals surface area contributed by atoms with E-state index in [2.05, 4.69) is 11.4 Å². The van der Waals surface area contributed by atoms with Gasteiger partial charge in [-0.05, 0) is 52.3 Å². The molecule has 1 N–H and O–H groups in total. The van der Waals surface area contributed by atoms with Crippen LogP contribution in [0, 0.1) is 25.2 Å². The van der Waals surface area contributed by atoms with Gasteiger partial charge in [0.1, 0.15) is 23.2 Å². The first kappa shape index (κ1) is 23.4. The maximum Gasteiger partial charge on any atom is 0.410 e. The van der Waals surface area contributed by atoms with E-state index in [0.717, 1.165) is 17.0 Å². The van der Waals surface area contributed by atoms with Crippen LogP contribution in [0.1, 0.15) is 43.4 Å². The van der Waals surface area contributed by atoms with Crippen LogP contribution in [-0.2, 0) is 16.1 Å². The number of hydrogen-bond acceptors (Lipinski definition) is 6. The molecule has 0 aliphatic carbocycles. The predicted octanol–water partition coefficient (Wildman–Crippen LogP) is 3.11. The molecule has 1 fully saturated rings. The van der Waals surface area contributed by atoms with Crippen LogP contribution in [-0.4, -0.2) is 64.7 Å². The van der Waals surface area contributed by atoms with Crippen LogP contribution in [0.4, 0.5) is 10.6 Å². The molecule has 3 rings (SSSR count). The summed E-state index contributed by atoms with van der Waals surface area (Å²) in [6.07, 6.45) is 1.27. The fourth-order valence-electron chi connectivity index (χ4n) is 3.68. The van der Waals surface area contributed by atoms with E-state index in [0.29, 0.717) is 44.1 Å². The Labute approximate surface area is 188 Å². The normalized spacial score (nSPS) is 14.8. The molecule has 2 amide bonds. The Bertz CT molecular complexity index is 1000. The number of nitrogens with zero attached hydrogens (tertiary/aromatic N) is 4. The number of carbonyl (C=O) groups excluding carboxylic acids is 2. The van der Waals surface area contributed by atoms with E-state index in [1.807, 2.05) is 50.2 Å². The van der Waals surface area contributed by atoms with Gasteiger partial charge in [0.05, 0.1) is 24.9 Å². The molecule has 32 heavy (non-hydrogen) atoms.